The van der Waals surface area contributed by atoms with Crippen LogP contribution in [0.2, 0.25) is 0 Å². The summed E-state index contributed by atoms with van der Waals surface area (Å²) in [6.45, 7) is 10.3. The molecule has 2 atom stereocenters. The van der Waals surface area contributed by atoms with Gasteiger partial charge in [-0.25, -0.2) is 4.98 Å². The van der Waals surface area contributed by atoms with Crippen molar-refractivity contribution >= 4 is 11.5 Å². The maximum absolute atomic E-state index is 6.47. The van der Waals surface area contributed by atoms with E-state index in [1.807, 2.05) is 12.1 Å². The Hall–Kier alpha value is -2.30. The molecule has 2 N–H and O–H groups in total. The zero-order valence-electron chi connectivity index (χ0n) is 16.8. The molecule has 1 saturated heterocycles. The number of hydrogen-bond acceptors (Lipinski definition) is 5. The van der Waals surface area contributed by atoms with Crippen LogP contribution in [0.5, 0.6) is 11.6 Å². The monoisotopic (exact) mass is 366 g/mol. The minimum absolute atomic E-state index is 0.320. The standard InChI is InChI=1S/C22H30N4O/c1-5-15-6-8-17(9-7-15)27-20-18(23)19(24-14-25-20)26-13-22(4)11-16(26)10-21(2,3)12-22/h6-9,14,16H,5,10-13,23H2,1-4H3. The number of nitrogens with zero attached hydrogens (tertiary/aromatic N) is 3. The predicted molar refractivity (Wildman–Crippen MR) is 109 cm³/mol. The Balaban J connectivity index is 1.60. The van der Waals surface area contributed by atoms with Crippen LogP contribution in [0.1, 0.15) is 52.5 Å². The minimum Gasteiger partial charge on any atom is -0.437 e. The van der Waals surface area contributed by atoms with Crippen LogP contribution >= 0.6 is 0 Å². The average molecular weight is 367 g/mol. The van der Waals surface area contributed by atoms with Crippen LogP contribution in [0, 0.1) is 10.8 Å². The molecule has 2 unspecified atom stereocenters. The number of hydrogen-bond donors (Lipinski definition) is 1. The van der Waals surface area contributed by atoms with E-state index in [1.165, 1.54) is 24.8 Å². The lowest BCUT2D eigenvalue weighted by atomic mass is 9.65. The molecule has 5 heteroatoms. The van der Waals surface area contributed by atoms with Crippen molar-refractivity contribution in [1.82, 2.24) is 9.97 Å². The van der Waals surface area contributed by atoms with Gasteiger partial charge in [-0.3, -0.25) is 0 Å². The summed E-state index contributed by atoms with van der Waals surface area (Å²) >= 11 is 0. The van der Waals surface area contributed by atoms with Gasteiger partial charge in [-0.15, -0.1) is 0 Å². The Morgan fingerprint density at radius 3 is 2.59 bits per heavy atom. The largest absolute Gasteiger partial charge is 0.437 e. The SMILES string of the molecule is CCc1ccc(Oc2ncnc(N3CC4(C)CC3CC(C)(C)C4)c2N)cc1. The molecule has 2 fully saturated rings. The van der Waals surface area contributed by atoms with Gasteiger partial charge in [0, 0.05) is 12.6 Å². The summed E-state index contributed by atoms with van der Waals surface area (Å²) in [6, 6.07) is 8.55. The number of nitrogen functional groups attached to an aromatic ring is 1. The van der Waals surface area contributed by atoms with Crippen LogP contribution in [-0.4, -0.2) is 22.6 Å². The summed E-state index contributed by atoms with van der Waals surface area (Å²) in [5.74, 6) is 2.00. The zero-order chi connectivity index (χ0) is 19.2. The number of benzene rings is 1. The van der Waals surface area contributed by atoms with Gasteiger partial charge in [0.05, 0.1) is 0 Å². The van der Waals surface area contributed by atoms with Gasteiger partial charge in [0.2, 0.25) is 5.88 Å². The lowest BCUT2D eigenvalue weighted by molar-refractivity contribution is 0.136. The van der Waals surface area contributed by atoms with Crippen molar-refractivity contribution < 1.29 is 4.74 Å². The summed E-state index contributed by atoms with van der Waals surface area (Å²) < 4.78 is 5.98. The highest BCUT2D eigenvalue weighted by atomic mass is 16.5. The third kappa shape index (κ3) is 3.47. The second kappa shape index (κ2) is 6.39. The van der Waals surface area contributed by atoms with E-state index in [-0.39, 0.29) is 0 Å². The van der Waals surface area contributed by atoms with Gasteiger partial charge in [0.15, 0.2) is 5.82 Å². The maximum Gasteiger partial charge on any atom is 0.248 e. The van der Waals surface area contributed by atoms with Crippen molar-refractivity contribution in [2.75, 3.05) is 17.2 Å². The molecule has 2 bridgehead atoms. The smallest absolute Gasteiger partial charge is 0.248 e. The van der Waals surface area contributed by atoms with Gasteiger partial charge in [-0.1, -0.05) is 39.8 Å². The number of rotatable bonds is 4. The van der Waals surface area contributed by atoms with Crippen molar-refractivity contribution in [2.45, 2.75) is 59.4 Å². The summed E-state index contributed by atoms with van der Waals surface area (Å²) in [5.41, 5.74) is 8.95. The number of aryl methyl sites for hydroxylation is 1. The summed E-state index contributed by atoms with van der Waals surface area (Å²) in [4.78, 5) is 11.2. The fourth-order valence-electron chi connectivity index (χ4n) is 5.29. The highest BCUT2D eigenvalue weighted by Crippen LogP contribution is 2.54. The molecule has 1 aromatic carbocycles. The van der Waals surface area contributed by atoms with Crippen molar-refractivity contribution in [3.8, 4) is 11.6 Å². The molecule has 144 valence electrons. The van der Waals surface area contributed by atoms with E-state index in [9.17, 15) is 0 Å². The molecule has 1 aliphatic heterocycles. The van der Waals surface area contributed by atoms with Crippen LogP contribution in [0.3, 0.4) is 0 Å². The zero-order valence-corrected chi connectivity index (χ0v) is 16.8. The Kier molecular flexibility index (Phi) is 4.28. The van der Waals surface area contributed by atoms with E-state index < -0.39 is 0 Å². The second-order valence-corrected chi connectivity index (χ2v) is 9.36. The van der Waals surface area contributed by atoms with E-state index in [2.05, 4.69) is 54.7 Å². The van der Waals surface area contributed by atoms with Crippen LogP contribution in [0.4, 0.5) is 11.5 Å². The fraction of sp³-hybridized carbons (Fsp3) is 0.545. The lowest BCUT2D eigenvalue weighted by Crippen LogP contribution is -2.35. The Labute approximate surface area is 162 Å². The number of fused-ring (bicyclic) bond motifs is 2. The molecule has 0 radical (unpaired) electrons. The Morgan fingerprint density at radius 2 is 1.89 bits per heavy atom. The van der Waals surface area contributed by atoms with Crippen molar-refractivity contribution in [3.63, 3.8) is 0 Å². The molecule has 1 aromatic heterocycles. The molecule has 27 heavy (non-hydrogen) atoms. The Morgan fingerprint density at radius 1 is 1.15 bits per heavy atom. The quantitative estimate of drug-likeness (QED) is 0.840. The molecule has 0 amide bonds. The molecule has 1 saturated carbocycles. The summed E-state index contributed by atoms with van der Waals surface area (Å²) in [6.07, 6.45) is 6.18. The highest BCUT2D eigenvalue weighted by Gasteiger charge is 2.50. The number of ether oxygens (including phenoxy) is 1. The van der Waals surface area contributed by atoms with Crippen LogP contribution in [0.25, 0.3) is 0 Å². The second-order valence-electron chi connectivity index (χ2n) is 9.36. The van der Waals surface area contributed by atoms with Crippen LogP contribution < -0.4 is 15.4 Å². The maximum atomic E-state index is 6.47. The summed E-state index contributed by atoms with van der Waals surface area (Å²) in [7, 11) is 0. The molecule has 2 aromatic rings. The third-order valence-corrected chi connectivity index (χ3v) is 6.06. The van der Waals surface area contributed by atoms with E-state index in [1.54, 1.807) is 6.33 Å². The van der Waals surface area contributed by atoms with Gasteiger partial charge in [0.25, 0.3) is 0 Å². The first-order chi connectivity index (χ1) is 12.8. The van der Waals surface area contributed by atoms with Crippen molar-refractivity contribution in [3.05, 3.63) is 36.2 Å². The fourth-order valence-corrected chi connectivity index (χ4v) is 5.29. The van der Waals surface area contributed by atoms with Crippen molar-refractivity contribution in [1.29, 1.82) is 0 Å². The third-order valence-electron chi connectivity index (χ3n) is 6.06. The van der Waals surface area contributed by atoms with E-state index in [0.29, 0.717) is 28.4 Å². The first-order valence-corrected chi connectivity index (χ1v) is 9.92. The van der Waals surface area contributed by atoms with Crippen molar-refractivity contribution in [2.24, 2.45) is 10.8 Å². The predicted octanol–water partition coefficient (Wildman–Crippen LogP) is 4.82. The minimum atomic E-state index is 0.320. The molecule has 1 aliphatic carbocycles. The molecule has 2 aliphatic rings. The van der Waals surface area contributed by atoms with Crippen LogP contribution in [-0.2, 0) is 6.42 Å². The normalized spacial score (nSPS) is 26.2. The highest BCUT2D eigenvalue weighted by molar-refractivity contribution is 5.69. The molecular weight excluding hydrogens is 336 g/mol. The number of anilines is 2. The molecule has 4 rings (SSSR count). The van der Waals surface area contributed by atoms with E-state index in [4.69, 9.17) is 10.5 Å². The van der Waals surface area contributed by atoms with Gasteiger partial charge in [0.1, 0.15) is 17.8 Å². The van der Waals surface area contributed by atoms with Crippen LogP contribution in [0.15, 0.2) is 30.6 Å². The molecule has 2 heterocycles. The van der Waals surface area contributed by atoms with Gasteiger partial charge >= 0.3 is 0 Å². The molecule has 0 spiro atoms. The topological polar surface area (TPSA) is 64.3 Å². The van der Waals surface area contributed by atoms with Gasteiger partial charge < -0.3 is 15.4 Å². The Bertz CT molecular complexity index is 833. The first kappa shape index (κ1) is 18.1. The molecule has 5 nitrogen and oxygen atoms in total. The van der Waals surface area contributed by atoms with E-state index in [0.717, 1.165) is 24.5 Å². The number of aromatic nitrogens is 2. The van der Waals surface area contributed by atoms with Gasteiger partial charge in [-0.2, -0.15) is 4.98 Å². The lowest BCUT2D eigenvalue weighted by Gasteiger charge is -2.39. The van der Waals surface area contributed by atoms with E-state index >= 15 is 0 Å². The first-order valence-electron chi connectivity index (χ1n) is 9.92. The molecular formula is C22H30N4O. The average Bonchev–Trinajstić information content (AvgIpc) is 2.86. The summed E-state index contributed by atoms with van der Waals surface area (Å²) in [5, 5.41) is 0. The van der Waals surface area contributed by atoms with Gasteiger partial charge in [-0.05, 0) is 54.2 Å². The number of nitrogens with two attached hydrogens (primary N) is 1.